The van der Waals surface area contributed by atoms with Crippen molar-refractivity contribution in [2.75, 3.05) is 6.61 Å². The van der Waals surface area contributed by atoms with Gasteiger partial charge in [0.15, 0.2) is 0 Å². The van der Waals surface area contributed by atoms with Crippen molar-refractivity contribution >= 4 is 0 Å². The minimum Gasteiger partial charge on any atom is -0.236 e. The zero-order valence-electron chi connectivity index (χ0n) is 11.3. The second-order valence-electron chi connectivity index (χ2n) is 4.72. The molecular weight excluding hydrogens is 208 g/mol. The van der Waals surface area contributed by atoms with Crippen molar-refractivity contribution < 1.29 is 5.11 Å². The minimum atomic E-state index is 0.0161. The minimum absolute atomic E-state index is 0.0161. The van der Waals surface area contributed by atoms with Gasteiger partial charge >= 0.3 is 0 Å². The molecule has 1 nitrogen and oxygen atoms in total. The van der Waals surface area contributed by atoms with Crippen molar-refractivity contribution in [3.05, 3.63) is 34.9 Å². The lowest BCUT2D eigenvalue weighted by Crippen LogP contribution is -2.03. The third kappa shape index (κ3) is 4.51. The summed E-state index contributed by atoms with van der Waals surface area (Å²) in [4.78, 5) is 0. The lowest BCUT2D eigenvalue weighted by molar-refractivity contribution is 0.196. The summed E-state index contributed by atoms with van der Waals surface area (Å²) in [5.41, 5.74) is 4.18. The van der Waals surface area contributed by atoms with E-state index in [1.807, 2.05) is 0 Å². The van der Waals surface area contributed by atoms with E-state index in [-0.39, 0.29) is 6.61 Å². The van der Waals surface area contributed by atoms with Crippen LogP contribution in [0.1, 0.15) is 56.2 Å². The lowest BCUT2D eigenvalue weighted by Gasteiger charge is -2.13. The molecule has 0 amide bonds. The standard InChI is InChI=1S/C16H25O/c1-3-5-8-14-10-7-11-15(9-6-4-2)16(14)12-13-17/h7,10-11H,3-6,8-9,12-13H2,1-2H3. The van der Waals surface area contributed by atoms with Crippen LogP contribution < -0.4 is 0 Å². The van der Waals surface area contributed by atoms with E-state index < -0.39 is 0 Å². The van der Waals surface area contributed by atoms with Gasteiger partial charge in [0.05, 0.1) is 6.61 Å². The summed E-state index contributed by atoms with van der Waals surface area (Å²) in [6.07, 6.45) is 7.86. The van der Waals surface area contributed by atoms with Crippen molar-refractivity contribution in [2.45, 2.75) is 58.8 Å². The fraction of sp³-hybridized carbons (Fsp3) is 0.625. The molecule has 0 bridgehead atoms. The molecule has 0 saturated heterocycles. The Morgan fingerprint density at radius 1 is 0.882 bits per heavy atom. The van der Waals surface area contributed by atoms with Crippen LogP contribution in [0.5, 0.6) is 0 Å². The van der Waals surface area contributed by atoms with E-state index in [1.165, 1.54) is 42.4 Å². The summed E-state index contributed by atoms with van der Waals surface area (Å²) >= 11 is 0. The number of hydrogen-bond donors (Lipinski definition) is 0. The van der Waals surface area contributed by atoms with Gasteiger partial charge in [-0.25, -0.2) is 5.11 Å². The lowest BCUT2D eigenvalue weighted by atomic mass is 9.92. The highest BCUT2D eigenvalue weighted by Gasteiger charge is 2.07. The van der Waals surface area contributed by atoms with E-state index in [9.17, 15) is 5.11 Å². The van der Waals surface area contributed by atoms with Crippen LogP contribution in [0, 0.1) is 0 Å². The van der Waals surface area contributed by atoms with Crippen LogP contribution >= 0.6 is 0 Å². The maximum absolute atomic E-state index is 11.0. The topological polar surface area (TPSA) is 19.9 Å². The van der Waals surface area contributed by atoms with Crippen molar-refractivity contribution in [1.29, 1.82) is 0 Å². The molecule has 0 aliphatic rings. The molecule has 0 heterocycles. The van der Waals surface area contributed by atoms with E-state index in [0.717, 1.165) is 12.8 Å². The monoisotopic (exact) mass is 233 g/mol. The SMILES string of the molecule is CCCCc1cccc(CCCC)c1CC[O]. The molecular formula is C16H25O. The van der Waals surface area contributed by atoms with E-state index in [0.29, 0.717) is 6.42 Å². The summed E-state index contributed by atoms with van der Waals surface area (Å²) in [5.74, 6) is 0. The number of benzene rings is 1. The number of rotatable bonds is 8. The molecule has 1 radical (unpaired) electrons. The average Bonchev–Trinajstić information content (AvgIpc) is 2.36. The van der Waals surface area contributed by atoms with Gasteiger partial charge in [-0.3, -0.25) is 0 Å². The summed E-state index contributed by atoms with van der Waals surface area (Å²) in [5, 5.41) is 11.0. The molecule has 0 atom stereocenters. The maximum atomic E-state index is 11.0. The van der Waals surface area contributed by atoms with E-state index in [2.05, 4.69) is 32.0 Å². The molecule has 0 saturated carbocycles. The van der Waals surface area contributed by atoms with Crippen LogP contribution in [0.4, 0.5) is 0 Å². The molecule has 1 aromatic carbocycles. The Kier molecular flexibility index (Phi) is 6.95. The van der Waals surface area contributed by atoms with Gasteiger partial charge in [0.1, 0.15) is 0 Å². The summed E-state index contributed by atoms with van der Waals surface area (Å²) in [6, 6.07) is 6.57. The molecule has 0 N–H and O–H groups in total. The Morgan fingerprint density at radius 3 is 1.82 bits per heavy atom. The first-order chi connectivity index (χ1) is 8.33. The largest absolute Gasteiger partial charge is 0.236 e. The molecule has 0 aliphatic carbocycles. The van der Waals surface area contributed by atoms with Gasteiger partial charge in [0.2, 0.25) is 0 Å². The highest BCUT2D eigenvalue weighted by Crippen LogP contribution is 2.20. The van der Waals surface area contributed by atoms with Crippen molar-refractivity contribution in [3.8, 4) is 0 Å². The highest BCUT2D eigenvalue weighted by molar-refractivity contribution is 5.36. The van der Waals surface area contributed by atoms with Crippen LogP contribution in [0.25, 0.3) is 0 Å². The van der Waals surface area contributed by atoms with Gasteiger partial charge in [-0.1, -0.05) is 44.9 Å². The average molecular weight is 233 g/mol. The van der Waals surface area contributed by atoms with Gasteiger partial charge in [-0.2, -0.15) is 0 Å². The van der Waals surface area contributed by atoms with Gasteiger partial charge in [-0.05, 0) is 48.8 Å². The molecule has 95 valence electrons. The number of hydrogen-bond acceptors (Lipinski definition) is 0. The molecule has 0 fully saturated rings. The van der Waals surface area contributed by atoms with Crippen LogP contribution in [-0.2, 0) is 24.4 Å². The number of unbranched alkanes of at least 4 members (excludes halogenated alkanes) is 2. The smallest absolute Gasteiger partial charge is 0.0862 e. The van der Waals surface area contributed by atoms with E-state index in [4.69, 9.17) is 0 Å². The van der Waals surface area contributed by atoms with Gasteiger partial charge in [0.25, 0.3) is 0 Å². The number of aryl methyl sites for hydroxylation is 2. The quantitative estimate of drug-likeness (QED) is 0.636. The molecule has 0 aromatic heterocycles. The summed E-state index contributed by atoms with van der Waals surface area (Å²) < 4.78 is 0. The Bertz CT molecular complexity index is 291. The summed E-state index contributed by atoms with van der Waals surface area (Å²) in [7, 11) is 0. The highest BCUT2D eigenvalue weighted by atomic mass is 16.2. The predicted molar refractivity (Wildman–Crippen MR) is 72.9 cm³/mol. The third-order valence-electron chi connectivity index (χ3n) is 3.32. The fourth-order valence-corrected chi connectivity index (χ4v) is 2.31. The third-order valence-corrected chi connectivity index (χ3v) is 3.32. The Hall–Kier alpha value is -0.820. The Morgan fingerprint density at radius 2 is 1.41 bits per heavy atom. The maximum Gasteiger partial charge on any atom is 0.0862 e. The first kappa shape index (κ1) is 14.2. The first-order valence-electron chi connectivity index (χ1n) is 7.01. The fourth-order valence-electron chi connectivity index (χ4n) is 2.31. The molecule has 17 heavy (non-hydrogen) atoms. The van der Waals surface area contributed by atoms with Gasteiger partial charge in [-0.15, -0.1) is 0 Å². The molecule has 0 spiro atoms. The molecule has 1 heteroatoms. The van der Waals surface area contributed by atoms with E-state index >= 15 is 0 Å². The Labute approximate surface area is 106 Å². The normalized spacial score (nSPS) is 10.8. The van der Waals surface area contributed by atoms with Crippen LogP contribution in [0.15, 0.2) is 18.2 Å². The van der Waals surface area contributed by atoms with Crippen LogP contribution in [0.3, 0.4) is 0 Å². The first-order valence-corrected chi connectivity index (χ1v) is 7.01. The summed E-state index contributed by atoms with van der Waals surface area (Å²) in [6.45, 7) is 4.45. The van der Waals surface area contributed by atoms with Crippen molar-refractivity contribution in [2.24, 2.45) is 0 Å². The molecule has 1 aromatic rings. The Balaban J connectivity index is 2.86. The second-order valence-corrected chi connectivity index (χ2v) is 4.72. The zero-order chi connectivity index (χ0) is 12.5. The van der Waals surface area contributed by atoms with Crippen LogP contribution in [0.2, 0.25) is 0 Å². The zero-order valence-corrected chi connectivity index (χ0v) is 11.3. The van der Waals surface area contributed by atoms with Crippen LogP contribution in [-0.4, -0.2) is 6.61 Å². The molecule has 1 rings (SSSR count). The molecule has 0 unspecified atom stereocenters. The molecule has 0 aliphatic heterocycles. The second kappa shape index (κ2) is 8.30. The van der Waals surface area contributed by atoms with Gasteiger partial charge < -0.3 is 0 Å². The van der Waals surface area contributed by atoms with Gasteiger partial charge in [0, 0.05) is 0 Å². The van der Waals surface area contributed by atoms with Crippen molar-refractivity contribution in [3.63, 3.8) is 0 Å². The predicted octanol–water partition coefficient (Wildman–Crippen LogP) is 4.34. The van der Waals surface area contributed by atoms with E-state index in [1.54, 1.807) is 0 Å². The van der Waals surface area contributed by atoms with Crippen molar-refractivity contribution in [1.82, 2.24) is 0 Å².